The van der Waals surface area contributed by atoms with Gasteiger partial charge in [-0.25, -0.2) is 19.8 Å². The van der Waals surface area contributed by atoms with Crippen LogP contribution in [0.25, 0.3) is 11.0 Å². The van der Waals surface area contributed by atoms with Crippen LogP contribution >= 0.6 is 0 Å². The number of ether oxygens (including phenoxy) is 3. The summed E-state index contributed by atoms with van der Waals surface area (Å²) in [6, 6.07) is 10.0. The topological polar surface area (TPSA) is 167 Å². The summed E-state index contributed by atoms with van der Waals surface area (Å²) in [4.78, 5) is 8.55. The minimum Gasteiger partial charge on any atom is -0.383 e. The summed E-state index contributed by atoms with van der Waals surface area (Å²) in [7, 11) is -4.16. The molecule has 2 aliphatic heterocycles. The fourth-order valence-corrected chi connectivity index (χ4v) is 4.80. The second-order valence-electron chi connectivity index (χ2n) is 8.74. The number of hydrogen-bond donors (Lipinski definition) is 2. The van der Waals surface area contributed by atoms with Crippen LogP contribution in [0.3, 0.4) is 0 Å². The van der Waals surface area contributed by atoms with Gasteiger partial charge in [0.2, 0.25) is 0 Å². The lowest BCUT2D eigenvalue weighted by molar-refractivity contribution is -0.200. The molecule has 5 rings (SSSR count). The first-order valence-corrected chi connectivity index (χ1v) is 12.3. The zero-order valence-corrected chi connectivity index (χ0v) is 19.5. The molecule has 0 spiro atoms. The molecule has 0 saturated carbocycles. The standard InChI is InChI=1S/C21H26N6O6S/c1-21(2)32-16-14(10-30-34(23,28)29)31-20(17(16)33-21)27-19-15(18(22)24-11-25-19)13(26-27)9-8-12-6-4-3-5-7-12/h3-7,11,14,16-17,20H,8-10H2,1-2H3,(H2,22,24,25)(H2,23,28,29)/t14-,16-,17-,20-/m1/s1. The van der Waals surface area contributed by atoms with E-state index in [2.05, 4.69) is 9.97 Å². The highest BCUT2D eigenvalue weighted by molar-refractivity contribution is 7.84. The van der Waals surface area contributed by atoms with Gasteiger partial charge in [0.15, 0.2) is 17.7 Å². The molecular formula is C21H26N6O6S. The first kappa shape index (κ1) is 23.1. The van der Waals surface area contributed by atoms with Gasteiger partial charge in [0.25, 0.3) is 0 Å². The van der Waals surface area contributed by atoms with E-state index in [4.69, 9.17) is 34.4 Å². The van der Waals surface area contributed by atoms with Crippen molar-refractivity contribution in [2.24, 2.45) is 5.14 Å². The summed E-state index contributed by atoms with van der Waals surface area (Å²) in [6.07, 6.45) is -0.00756. The number of nitrogens with zero attached hydrogens (tertiary/aromatic N) is 4. The Bertz CT molecular complexity index is 1300. The highest BCUT2D eigenvalue weighted by Gasteiger charge is 2.56. The van der Waals surface area contributed by atoms with E-state index in [1.54, 1.807) is 18.5 Å². The maximum Gasteiger partial charge on any atom is 0.333 e. The number of fused-ring (bicyclic) bond motifs is 2. The van der Waals surface area contributed by atoms with E-state index in [0.29, 0.717) is 23.3 Å². The molecular weight excluding hydrogens is 464 g/mol. The maximum absolute atomic E-state index is 11.3. The van der Waals surface area contributed by atoms with E-state index in [9.17, 15) is 8.42 Å². The van der Waals surface area contributed by atoms with Crippen molar-refractivity contribution in [2.45, 2.75) is 57.0 Å². The van der Waals surface area contributed by atoms with E-state index in [-0.39, 0.29) is 6.61 Å². The molecule has 1 aromatic carbocycles. The number of nitrogen functional groups attached to an aromatic ring is 1. The zero-order valence-electron chi connectivity index (χ0n) is 18.7. The van der Waals surface area contributed by atoms with Crippen molar-refractivity contribution in [1.82, 2.24) is 19.7 Å². The molecule has 0 unspecified atom stereocenters. The molecule has 2 aliphatic rings. The minimum absolute atomic E-state index is 0.312. The van der Waals surface area contributed by atoms with Crippen LogP contribution in [0.1, 0.15) is 31.3 Å². The Balaban J connectivity index is 1.49. The molecule has 0 radical (unpaired) electrons. The lowest BCUT2D eigenvalue weighted by atomic mass is 10.1. The predicted octanol–water partition coefficient (Wildman–Crippen LogP) is 0.831. The van der Waals surface area contributed by atoms with Crippen LogP contribution in [0.15, 0.2) is 36.7 Å². The van der Waals surface area contributed by atoms with Crippen LogP contribution in [-0.4, -0.2) is 58.9 Å². The average Bonchev–Trinajstić information content (AvgIpc) is 3.40. The summed E-state index contributed by atoms with van der Waals surface area (Å²) in [5, 5.41) is 10.4. The number of aryl methyl sites for hydroxylation is 2. The van der Waals surface area contributed by atoms with Gasteiger partial charge in [-0.15, -0.1) is 0 Å². The van der Waals surface area contributed by atoms with Gasteiger partial charge in [0, 0.05) is 0 Å². The first-order chi connectivity index (χ1) is 16.1. The van der Waals surface area contributed by atoms with E-state index >= 15 is 0 Å². The number of hydrogen-bond acceptors (Lipinski definition) is 10. The molecule has 4 N–H and O–H groups in total. The third-order valence-corrected chi connectivity index (χ3v) is 6.31. The lowest BCUT2D eigenvalue weighted by Crippen LogP contribution is -2.34. The molecule has 0 amide bonds. The van der Waals surface area contributed by atoms with Crippen LogP contribution in [0, 0.1) is 0 Å². The number of rotatable bonds is 7. The van der Waals surface area contributed by atoms with Gasteiger partial charge in [-0.1, -0.05) is 30.3 Å². The Morgan fingerprint density at radius 2 is 1.85 bits per heavy atom. The summed E-state index contributed by atoms with van der Waals surface area (Å²) < 4.78 is 47.3. The minimum atomic E-state index is -4.16. The molecule has 12 nitrogen and oxygen atoms in total. The SMILES string of the molecule is CC1(C)O[C@@H]2[C@H](O1)[C@@H](COS(N)(=O)=O)O[C@H]2n1nc(CCc2ccccc2)c2c(N)ncnc21. The number of benzene rings is 1. The van der Waals surface area contributed by atoms with Crippen molar-refractivity contribution in [1.29, 1.82) is 0 Å². The van der Waals surface area contributed by atoms with Gasteiger partial charge in [-0.05, 0) is 32.3 Å². The second-order valence-corrected chi connectivity index (χ2v) is 9.96. The number of nitrogens with two attached hydrogens (primary N) is 2. The Hall–Kier alpha value is -2.68. The quantitative estimate of drug-likeness (QED) is 0.484. The van der Waals surface area contributed by atoms with E-state index in [0.717, 1.165) is 17.7 Å². The molecule has 0 bridgehead atoms. The first-order valence-electron chi connectivity index (χ1n) is 10.8. The van der Waals surface area contributed by atoms with E-state index < -0.39 is 40.6 Å². The summed E-state index contributed by atoms with van der Waals surface area (Å²) in [6.45, 7) is 3.21. The smallest absolute Gasteiger partial charge is 0.333 e. The normalized spacial score (nSPS) is 26.2. The molecule has 0 aliphatic carbocycles. The van der Waals surface area contributed by atoms with Crippen LogP contribution in [0.4, 0.5) is 5.82 Å². The largest absolute Gasteiger partial charge is 0.383 e. The number of anilines is 1. The van der Waals surface area contributed by atoms with Gasteiger partial charge in [-0.2, -0.15) is 13.5 Å². The average molecular weight is 491 g/mol. The fourth-order valence-electron chi connectivity index (χ4n) is 4.48. The van der Waals surface area contributed by atoms with Crippen LogP contribution in [0.2, 0.25) is 0 Å². The lowest BCUT2D eigenvalue weighted by Gasteiger charge is -2.24. The molecule has 13 heteroatoms. The van der Waals surface area contributed by atoms with Crippen LogP contribution in [-0.2, 0) is 41.5 Å². The fraction of sp³-hybridized carbons (Fsp3) is 0.476. The molecule has 3 aromatic rings. The maximum atomic E-state index is 11.3. The molecule has 4 heterocycles. The van der Waals surface area contributed by atoms with Crippen LogP contribution < -0.4 is 10.9 Å². The van der Waals surface area contributed by atoms with Crippen molar-refractivity contribution in [3.63, 3.8) is 0 Å². The molecule has 2 saturated heterocycles. The summed E-state index contributed by atoms with van der Waals surface area (Å²) in [5.41, 5.74) is 8.58. The highest BCUT2D eigenvalue weighted by Crippen LogP contribution is 2.44. The van der Waals surface area contributed by atoms with Gasteiger partial charge >= 0.3 is 10.3 Å². The van der Waals surface area contributed by atoms with Gasteiger partial charge in [0.05, 0.1) is 17.7 Å². The van der Waals surface area contributed by atoms with Crippen molar-refractivity contribution in [2.75, 3.05) is 12.3 Å². The van der Waals surface area contributed by atoms with E-state index in [1.807, 2.05) is 30.3 Å². The van der Waals surface area contributed by atoms with Gasteiger partial charge in [0.1, 0.15) is 30.5 Å². The molecule has 4 atom stereocenters. The molecule has 2 fully saturated rings. The van der Waals surface area contributed by atoms with E-state index in [1.165, 1.54) is 6.33 Å². The Morgan fingerprint density at radius 1 is 1.12 bits per heavy atom. The van der Waals surface area contributed by atoms with Crippen molar-refractivity contribution in [3.05, 3.63) is 47.9 Å². The Labute approximate surface area is 196 Å². The zero-order chi connectivity index (χ0) is 24.1. The van der Waals surface area contributed by atoms with Crippen molar-refractivity contribution < 1.29 is 26.8 Å². The van der Waals surface area contributed by atoms with Gasteiger partial charge in [-0.3, -0.25) is 4.18 Å². The molecule has 34 heavy (non-hydrogen) atoms. The second kappa shape index (κ2) is 8.52. The monoisotopic (exact) mass is 490 g/mol. The number of aromatic nitrogens is 4. The van der Waals surface area contributed by atoms with Gasteiger partial charge < -0.3 is 19.9 Å². The Morgan fingerprint density at radius 3 is 2.59 bits per heavy atom. The Kier molecular flexibility index (Phi) is 5.78. The van der Waals surface area contributed by atoms with Crippen LogP contribution in [0.5, 0.6) is 0 Å². The third-order valence-electron chi connectivity index (χ3n) is 5.85. The predicted molar refractivity (Wildman–Crippen MR) is 120 cm³/mol. The summed E-state index contributed by atoms with van der Waals surface area (Å²) >= 11 is 0. The third kappa shape index (κ3) is 4.50. The van der Waals surface area contributed by atoms with Crippen molar-refractivity contribution in [3.8, 4) is 0 Å². The van der Waals surface area contributed by atoms with Crippen molar-refractivity contribution >= 4 is 27.2 Å². The molecule has 2 aromatic heterocycles. The summed E-state index contributed by atoms with van der Waals surface area (Å²) in [5.74, 6) is -0.600. The highest BCUT2D eigenvalue weighted by atomic mass is 32.2. The molecule has 182 valence electrons.